The van der Waals surface area contributed by atoms with Crippen LogP contribution >= 0.6 is 0 Å². The highest BCUT2D eigenvalue weighted by Gasteiger charge is 2.11. The fraction of sp³-hybridized carbons (Fsp3) is 0.316. The molecule has 0 aromatic heterocycles. The van der Waals surface area contributed by atoms with Crippen molar-refractivity contribution in [2.24, 2.45) is 0 Å². The lowest BCUT2D eigenvalue weighted by molar-refractivity contribution is 0.171. The SMILES string of the molecule is Cc1ccccc1CNC(=O)NCCc1ccc2c(c1)OCCO2. The topological polar surface area (TPSA) is 59.6 Å². The second-order valence-corrected chi connectivity index (χ2v) is 5.76. The van der Waals surface area contributed by atoms with E-state index in [0.717, 1.165) is 29.0 Å². The second-order valence-electron chi connectivity index (χ2n) is 5.76. The van der Waals surface area contributed by atoms with E-state index in [-0.39, 0.29) is 6.03 Å². The van der Waals surface area contributed by atoms with E-state index < -0.39 is 0 Å². The minimum absolute atomic E-state index is 0.157. The number of nitrogens with one attached hydrogen (secondary N) is 2. The van der Waals surface area contributed by atoms with Crippen LogP contribution in [-0.2, 0) is 13.0 Å². The van der Waals surface area contributed by atoms with Gasteiger partial charge in [0.1, 0.15) is 13.2 Å². The average molecular weight is 326 g/mol. The number of carbonyl (C=O) groups is 1. The Morgan fingerprint density at radius 2 is 1.83 bits per heavy atom. The normalized spacial score (nSPS) is 12.5. The largest absolute Gasteiger partial charge is 0.486 e. The third-order valence-corrected chi connectivity index (χ3v) is 4.01. The summed E-state index contributed by atoms with van der Waals surface area (Å²) in [6.07, 6.45) is 0.744. The van der Waals surface area contributed by atoms with E-state index in [1.165, 1.54) is 5.56 Å². The molecule has 24 heavy (non-hydrogen) atoms. The van der Waals surface area contributed by atoms with Crippen molar-refractivity contribution in [2.45, 2.75) is 19.9 Å². The van der Waals surface area contributed by atoms with Crippen LogP contribution in [0.15, 0.2) is 42.5 Å². The molecule has 2 aromatic rings. The maximum Gasteiger partial charge on any atom is 0.315 e. The van der Waals surface area contributed by atoms with Gasteiger partial charge in [-0.25, -0.2) is 4.79 Å². The third kappa shape index (κ3) is 4.19. The van der Waals surface area contributed by atoms with Crippen molar-refractivity contribution in [3.8, 4) is 11.5 Å². The Morgan fingerprint density at radius 1 is 1.04 bits per heavy atom. The summed E-state index contributed by atoms with van der Waals surface area (Å²) >= 11 is 0. The first-order chi connectivity index (χ1) is 11.7. The fourth-order valence-electron chi connectivity index (χ4n) is 2.61. The van der Waals surface area contributed by atoms with Crippen molar-refractivity contribution in [3.05, 3.63) is 59.2 Å². The van der Waals surface area contributed by atoms with E-state index in [4.69, 9.17) is 9.47 Å². The number of urea groups is 1. The Bertz CT molecular complexity index is 716. The second kappa shape index (κ2) is 7.73. The van der Waals surface area contributed by atoms with Crippen LogP contribution in [0.25, 0.3) is 0 Å². The first-order valence-corrected chi connectivity index (χ1v) is 8.17. The predicted octanol–water partition coefficient (Wildman–Crippen LogP) is 2.81. The number of amides is 2. The minimum Gasteiger partial charge on any atom is -0.486 e. The van der Waals surface area contributed by atoms with Crippen molar-refractivity contribution in [1.29, 1.82) is 0 Å². The quantitative estimate of drug-likeness (QED) is 0.888. The molecule has 2 amide bonds. The van der Waals surface area contributed by atoms with Crippen LogP contribution in [0.2, 0.25) is 0 Å². The Kier molecular flexibility index (Phi) is 5.21. The van der Waals surface area contributed by atoms with Gasteiger partial charge in [0.05, 0.1) is 0 Å². The zero-order chi connectivity index (χ0) is 16.8. The van der Waals surface area contributed by atoms with Crippen molar-refractivity contribution < 1.29 is 14.3 Å². The molecular weight excluding hydrogens is 304 g/mol. The maximum absolute atomic E-state index is 11.9. The monoisotopic (exact) mass is 326 g/mol. The van der Waals surface area contributed by atoms with Crippen LogP contribution in [0.5, 0.6) is 11.5 Å². The molecule has 0 saturated carbocycles. The molecular formula is C19H22N2O3. The summed E-state index contributed by atoms with van der Waals surface area (Å²) in [6.45, 7) is 4.31. The number of benzene rings is 2. The van der Waals surface area contributed by atoms with Gasteiger partial charge in [-0.3, -0.25) is 0 Å². The van der Waals surface area contributed by atoms with Gasteiger partial charge in [-0.05, 0) is 42.2 Å². The van der Waals surface area contributed by atoms with Crippen molar-refractivity contribution >= 4 is 6.03 Å². The zero-order valence-electron chi connectivity index (χ0n) is 13.8. The molecule has 0 fully saturated rings. The van der Waals surface area contributed by atoms with E-state index in [1.807, 2.05) is 49.4 Å². The molecule has 1 heterocycles. The lowest BCUT2D eigenvalue weighted by Crippen LogP contribution is -2.36. The molecule has 5 nitrogen and oxygen atoms in total. The van der Waals surface area contributed by atoms with Gasteiger partial charge in [-0.15, -0.1) is 0 Å². The summed E-state index contributed by atoms with van der Waals surface area (Å²) < 4.78 is 11.1. The van der Waals surface area contributed by atoms with Gasteiger partial charge in [0.25, 0.3) is 0 Å². The number of carbonyl (C=O) groups excluding carboxylic acids is 1. The molecule has 0 aliphatic carbocycles. The van der Waals surface area contributed by atoms with Gasteiger partial charge < -0.3 is 20.1 Å². The van der Waals surface area contributed by atoms with E-state index in [0.29, 0.717) is 26.3 Å². The molecule has 0 bridgehead atoms. The summed E-state index contributed by atoms with van der Waals surface area (Å²) in [5.74, 6) is 1.57. The number of hydrogen-bond acceptors (Lipinski definition) is 3. The Morgan fingerprint density at radius 3 is 2.67 bits per heavy atom. The highest BCUT2D eigenvalue weighted by Crippen LogP contribution is 2.30. The molecule has 1 aliphatic heterocycles. The molecule has 2 aromatic carbocycles. The van der Waals surface area contributed by atoms with Crippen LogP contribution in [0.3, 0.4) is 0 Å². The molecule has 1 aliphatic rings. The van der Waals surface area contributed by atoms with Crippen LogP contribution in [0.4, 0.5) is 4.79 Å². The van der Waals surface area contributed by atoms with E-state index in [2.05, 4.69) is 10.6 Å². The number of aryl methyl sites for hydroxylation is 1. The molecule has 0 saturated heterocycles. The number of fused-ring (bicyclic) bond motifs is 1. The van der Waals surface area contributed by atoms with Gasteiger partial charge in [-0.1, -0.05) is 30.3 Å². The molecule has 0 radical (unpaired) electrons. The minimum atomic E-state index is -0.157. The fourth-order valence-corrected chi connectivity index (χ4v) is 2.61. The Labute approximate surface area is 142 Å². The highest BCUT2D eigenvalue weighted by molar-refractivity contribution is 5.73. The van der Waals surface area contributed by atoms with E-state index in [9.17, 15) is 4.79 Å². The molecule has 5 heteroatoms. The summed E-state index contributed by atoms with van der Waals surface area (Å²) in [4.78, 5) is 11.9. The maximum atomic E-state index is 11.9. The van der Waals surface area contributed by atoms with Crippen LogP contribution in [0, 0.1) is 6.92 Å². The van der Waals surface area contributed by atoms with E-state index in [1.54, 1.807) is 0 Å². The van der Waals surface area contributed by atoms with Gasteiger partial charge in [-0.2, -0.15) is 0 Å². The van der Waals surface area contributed by atoms with Gasteiger partial charge in [0, 0.05) is 13.1 Å². The van der Waals surface area contributed by atoms with Gasteiger partial charge >= 0.3 is 6.03 Å². The van der Waals surface area contributed by atoms with Crippen molar-refractivity contribution in [3.63, 3.8) is 0 Å². The average Bonchev–Trinajstić information content (AvgIpc) is 2.61. The van der Waals surface area contributed by atoms with E-state index >= 15 is 0 Å². The standard InChI is InChI=1S/C19H22N2O3/c1-14-4-2-3-5-16(14)13-21-19(22)20-9-8-15-6-7-17-18(12-15)24-11-10-23-17/h2-7,12H,8-11,13H2,1H3,(H2,20,21,22). The predicted molar refractivity (Wildman–Crippen MR) is 92.6 cm³/mol. The lowest BCUT2D eigenvalue weighted by atomic mass is 10.1. The van der Waals surface area contributed by atoms with Crippen molar-refractivity contribution in [2.75, 3.05) is 19.8 Å². The molecule has 2 N–H and O–H groups in total. The molecule has 126 valence electrons. The zero-order valence-corrected chi connectivity index (χ0v) is 13.8. The highest BCUT2D eigenvalue weighted by atomic mass is 16.6. The summed E-state index contributed by atoms with van der Waals surface area (Å²) in [6, 6.07) is 13.8. The van der Waals surface area contributed by atoms with Crippen LogP contribution in [-0.4, -0.2) is 25.8 Å². The smallest absolute Gasteiger partial charge is 0.315 e. The summed E-state index contributed by atoms with van der Waals surface area (Å²) in [7, 11) is 0. The van der Waals surface area contributed by atoms with Gasteiger partial charge in [0.2, 0.25) is 0 Å². The van der Waals surface area contributed by atoms with Crippen molar-refractivity contribution in [1.82, 2.24) is 10.6 Å². The molecule has 0 unspecified atom stereocenters. The first-order valence-electron chi connectivity index (χ1n) is 8.17. The van der Waals surface area contributed by atoms with Gasteiger partial charge in [0.15, 0.2) is 11.5 Å². The lowest BCUT2D eigenvalue weighted by Gasteiger charge is -2.18. The van der Waals surface area contributed by atoms with Crippen LogP contribution in [0.1, 0.15) is 16.7 Å². The first kappa shape index (κ1) is 16.2. The Balaban J connectivity index is 1.43. The molecule has 0 atom stereocenters. The Hall–Kier alpha value is -2.69. The number of hydrogen-bond donors (Lipinski definition) is 2. The summed E-state index contributed by atoms with van der Waals surface area (Å²) in [5, 5.41) is 5.76. The summed E-state index contributed by atoms with van der Waals surface area (Å²) in [5.41, 5.74) is 3.41. The number of ether oxygens (including phenoxy) is 2. The molecule has 3 rings (SSSR count). The van der Waals surface area contributed by atoms with Crippen LogP contribution < -0.4 is 20.1 Å². The number of rotatable bonds is 5. The third-order valence-electron chi connectivity index (χ3n) is 4.01. The molecule has 0 spiro atoms.